The number of carbonyl (C=O) groups is 1. The molecule has 0 heterocycles. The first kappa shape index (κ1) is 23.6. The number of aromatic carboxylic acids is 1. The molecule has 0 aliphatic rings. The van der Waals surface area contributed by atoms with Crippen molar-refractivity contribution in [2.45, 2.75) is 53.6 Å². The van der Waals surface area contributed by atoms with Crippen molar-refractivity contribution in [2.24, 2.45) is 11.8 Å². The maximum Gasteiger partial charge on any atom is 0.335 e. The Morgan fingerprint density at radius 3 is 1.75 bits per heavy atom. The van der Waals surface area contributed by atoms with E-state index >= 15 is 0 Å². The van der Waals surface area contributed by atoms with Crippen LogP contribution in [0.15, 0.2) is 72.8 Å². The minimum absolute atomic E-state index is 0.327. The fourth-order valence-corrected chi connectivity index (χ4v) is 4.05. The molecule has 168 valence electrons. The zero-order valence-corrected chi connectivity index (χ0v) is 19.7. The Labute approximate surface area is 192 Å². The van der Waals surface area contributed by atoms with Crippen LogP contribution in [0.2, 0.25) is 0 Å². The van der Waals surface area contributed by atoms with Crippen LogP contribution in [-0.4, -0.2) is 11.1 Å². The minimum Gasteiger partial charge on any atom is -0.478 e. The van der Waals surface area contributed by atoms with E-state index in [0.29, 0.717) is 23.9 Å². The number of rotatable bonds is 10. The minimum atomic E-state index is -0.892. The summed E-state index contributed by atoms with van der Waals surface area (Å²) >= 11 is 0. The van der Waals surface area contributed by atoms with E-state index in [0.717, 1.165) is 30.6 Å². The van der Waals surface area contributed by atoms with Crippen LogP contribution in [0.5, 0.6) is 0 Å². The molecule has 0 spiro atoms. The van der Waals surface area contributed by atoms with Gasteiger partial charge in [-0.25, -0.2) is 4.79 Å². The van der Waals surface area contributed by atoms with Gasteiger partial charge in [-0.1, -0.05) is 76.2 Å². The maximum absolute atomic E-state index is 11.4. The average Bonchev–Trinajstić information content (AvgIpc) is 2.74. The van der Waals surface area contributed by atoms with E-state index in [1.165, 1.54) is 16.7 Å². The van der Waals surface area contributed by atoms with Gasteiger partial charge in [0, 0.05) is 18.8 Å². The molecule has 0 aliphatic carbocycles. The molecular formula is C29H35NO2. The Bertz CT molecular complexity index is 1000. The molecule has 0 bridgehead atoms. The molecule has 3 heteroatoms. The van der Waals surface area contributed by atoms with Gasteiger partial charge in [0.15, 0.2) is 0 Å². The molecule has 0 unspecified atom stereocenters. The topological polar surface area (TPSA) is 40.5 Å². The Hall–Kier alpha value is -3.07. The molecule has 32 heavy (non-hydrogen) atoms. The molecule has 3 aromatic carbocycles. The van der Waals surface area contributed by atoms with E-state index in [-0.39, 0.29) is 0 Å². The van der Waals surface area contributed by atoms with Crippen molar-refractivity contribution < 1.29 is 9.90 Å². The van der Waals surface area contributed by atoms with Gasteiger partial charge in [-0.05, 0) is 71.2 Å². The summed E-state index contributed by atoms with van der Waals surface area (Å²) in [6, 6.07) is 24.9. The summed E-state index contributed by atoms with van der Waals surface area (Å²) in [5.41, 5.74) is 6.42. The summed E-state index contributed by atoms with van der Waals surface area (Å²) in [6.45, 7) is 10.4. The third-order valence-corrected chi connectivity index (χ3v) is 5.53. The average molecular weight is 430 g/mol. The molecule has 0 atom stereocenters. The Balaban J connectivity index is 1.85. The molecular weight excluding hydrogens is 394 g/mol. The van der Waals surface area contributed by atoms with Crippen LogP contribution in [0, 0.1) is 11.8 Å². The second-order valence-electron chi connectivity index (χ2n) is 9.54. The SMILES string of the molecule is CC(C)Cc1ccc(CN(Cc2cccc(C(=O)O)c2)c2ccc(CC(C)C)cc2)cc1. The zero-order valence-electron chi connectivity index (χ0n) is 19.7. The van der Waals surface area contributed by atoms with Gasteiger partial charge in [-0.2, -0.15) is 0 Å². The highest BCUT2D eigenvalue weighted by Gasteiger charge is 2.12. The van der Waals surface area contributed by atoms with E-state index in [2.05, 4.69) is 81.1 Å². The Morgan fingerprint density at radius 2 is 1.22 bits per heavy atom. The predicted octanol–water partition coefficient (Wildman–Crippen LogP) is 6.99. The molecule has 0 amide bonds. The number of carboxylic acids is 1. The van der Waals surface area contributed by atoms with Gasteiger partial charge in [0.2, 0.25) is 0 Å². The van der Waals surface area contributed by atoms with Crippen molar-refractivity contribution in [1.82, 2.24) is 0 Å². The lowest BCUT2D eigenvalue weighted by atomic mass is 10.0. The van der Waals surface area contributed by atoms with Crippen LogP contribution in [0.25, 0.3) is 0 Å². The summed E-state index contributed by atoms with van der Waals surface area (Å²) in [5.74, 6) is 0.375. The standard InChI is InChI=1S/C29H35NO2/c1-21(2)16-23-8-10-25(11-9-23)19-30(20-26-6-5-7-27(18-26)29(31)32)28-14-12-24(13-15-28)17-22(3)4/h5-15,18,21-22H,16-17,19-20H2,1-4H3,(H,31,32). The number of anilines is 1. The summed E-state index contributed by atoms with van der Waals surface area (Å²) in [4.78, 5) is 13.7. The van der Waals surface area contributed by atoms with E-state index < -0.39 is 5.97 Å². The fourth-order valence-electron chi connectivity index (χ4n) is 4.05. The number of hydrogen-bond donors (Lipinski definition) is 1. The zero-order chi connectivity index (χ0) is 23.1. The molecule has 0 aliphatic heterocycles. The quantitative estimate of drug-likeness (QED) is 0.378. The summed E-state index contributed by atoms with van der Waals surface area (Å²) in [6.07, 6.45) is 2.15. The lowest BCUT2D eigenvalue weighted by Gasteiger charge is -2.26. The van der Waals surface area contributed by atoms with E-state index in [1.807, 2.05) is 12.1 Å². The first-order valence-corrected chi connectivity index (χ1v) is 11.5. The highest BCUT2D eigenvalue weighted by Crippen LogP contribution is 2.23. The van der Waals surface area contributed by atoms with Gasteiger partial charge < -0.3 is 10.0 Å². The van der Waals surface area contributed by atoms with Gasteiger partial charge in [-0.15, -0.1) is 0 Å². The summed E-state index contributed by atoms with van der Waals surface area (Å²) in [7, 11) is 0. The fraction of sp³-hybridized carbons (Fsp3) is 0.345. The van der Waals surface area contributed by atoms with E-state index in [1.54, 1.807) is 12.1 Å². The van der Waals surface area contributed by atoms with Gasteiger partial charge in [-0.3, -0.25) is 0 Å². The van der Waals surface area contributed by atoms with E-state index in [9.17, 15) is 9.90 Å². The second-order valence-corrected chi connectivity index (χ2v) is 9.54. The molecule has 0 aromatic heterocycles. The van der Waals surface area contributed by atoms with Crippen LogP contribution >= 0.6 is 0 Å². The largest absolute Gasteiger partial charge is 0.478 e. The predicted molar refractivity (Wildman–Crippen MR) is 133 cm³/mol. The lowest BCUT2D eigenvalue weighted by molar-refractivity contribution is 0.0696. The maximum atomic E-state index is 11.4. The molecule has 1 N–H and O–H groups in total. The highest BCUT2D eigenvalue weighted by molar-refractivity contribution is 5.87. The van der Waals surface area contributed by atoms with Gasteiger partial charge in [0.25, 0.3) is 0 Å². The molecule has 0 fully saturated rings. The smallest absolute Gasteiger partial charge is 0.335 e. The van der Waals surface area contributed by atoms with Crippen molar-refractivity contribution in [3.63, 3.8) is 0 Å². The second kappa shape index (κ2) is 11.0. The molecule has 0 saturated heterocycles. The molecule has 3 aromatic rings. The van der Waals surface area contributed by atoms with Gasteiger partial charge in [0.1, 0.15) is 0 Å². The van der Waals surface area contributed by atoms with E-state index in [4.69, 9.17) is 0 Å². The molecule has 3 rings (SSSR count). The lowest BCUT2D eigenvalue weighted by Crippen LogP contribution is -2.22. The summed E-state index contributed by atoms with van der Waals surface area (Å²) in [5, 5.41) is 9.37. The van der Waals surface area contributed by atoms with Crippen molar-refractivity contribution >= 4 is 11.7 Å². The number of nitrogens with zero attached hydrogens (tertiary/aromatic N) is 1. The Morgan fingerprint density at radius 1 is 0.719 bits per heavy atom. The van der Waals surface area contributed by atoms with Crippen LogP contribution in [0.3, 0.4) is 0 Å². The van der Waals surface area contributed by atoms with Crippen LogP contribution in [0.1, 0.15) is 60.3 Å². The number of hydrogen-bond acceptors (Lipinski definition) is 2. The first-order valence-electron chi connectivity index (χ1n) is 11.5. The van der Waals surface area contributed by atoms with Crippen LogP contribution in [-0.2, 0) is 25.9 Å². The van der Waals surface area contributed by atoms with Crippen LogP contribution in [0.4, 0.5) is 5.69 Å². The summed E-state index contributed by atoms with van der Waals surface area (Å²) < 4.78 is 0. The van der Waals surface area contributed by atoms with Crippen molar-refractivity contribution in [3.8, 4) is 0 Å². The van der Waals surface area contributed by atoms with Crippen molar-refractivity contribution in [3.05, 3.63) is 101 Å². The Kier molecular flexibility index (Phi) is 8.10. The highest BCUT2D eigenvalue weighted by atomic mass is 16.4. The molecule has 3 nitrogen and oxygen atoms in total. The van der Waals surface area contributed by atoms with Gasteiger partial charge in [0.05, 0.1) is 5.56 Å². The normalized spacial score (nSPS) is 11.2. The van der Waals surface area contributed by atoms with Crippen LogP contribution < -0.4 is 4.90 Å². The monoisotopic (exact) mass is 429 g/mol. The number of benzene rings is 3. The third kappa shape index (κ3) is 6.98. The van der Waals surface area contributed by atoms with Crippen molar-refractivity contribution in [2.75, 3.05) is 4.90 Å². The number of carboxylic acid groups (broad SMARTS) is 1. The van der Waals surface area contributed by atoms with Crippen molar-refractivity contribution in [1.29, 1.82) is 0 Å². The molecule has 0 radical (unpaired) electrons. The first-order chi connectivity index (χ1) is 15.3. The van der Waals surface area contributed by atoms with Gasteiger partial charge >= 0.3 is 5.97 Å². The molecule has 0 saturated carbocycles. The third-order valence-electron chi connectivity index (χ3n) is 5.53.